The van der Waals surface area contributed by atoms with E-state index in [-0.39, 0.29) is 11.7 Å². The number of nitrogens with two attached hydrogens (primary N) is 1. The number of hydrogen-bond donors (Lipinski definition) is 3. The number of pyridine rings is 2. The molecule has 31 heavy (non-hydrogen) atoms. The van der Waals surface area contributed by atoms with E-state index in [0.717, 1.165) is 24.3 Å². The molecule has 160 valence electrons. The number of nitrogens with zero attached hydrogens (tertiary/aromatic N) is 3. The molecule has 0 bridgehead atoms. The Morgan fingerprint density at radius 3 is 2.87 bits per heavy atom. The van der Waals surface area contributed by atoms with Gasteiger partial charge in [0.2, 0.25) is 5.88 Å². The molecule has 2 aliphatic heterocycles. The summed E-state index contributed by atoms with van der Waals surface area (Å²) in [5, 5.41) is 7.24. The fourth-order valence-electron chi connectivity index (χ4n) is 4.11. The zero-order valence-corrected chi connectivity index (χ0v) is 17.3. The van der Waals surface area contributed by atoms with Crippen LogP contribution in [0.5, 0.6) is 5.88 Å². The van der Waals surface area contributed by atoms with E-state index in [4.69, 9.17) is 10.5 Å². The average Bonchev–Trinajstić information content (AvgIpc) is 2.74. The predicted octanol–water partition coefficient (Wildman–Crippen LogP) is 3.61. The van der Waals surface area contributed by atoms with Gasteiger partial charge >= 0.3 is 6.03 Å². The van der Waals surface area contributed by atoms with Crippen molar-refractivity contribution in [2.75, 3.05) is 42.6 Å². The van der Waals surface area contributed by atoms with Crippen molar-refractivity contribution in [1.29, 1.82) is 0 Å². The lowest BCUT2D eigenvalue weighted by Gasteiger charge is -2.36. The summed E-state index contributed by atoms with van der Waals surface area (Å²) < 4.78 is 20.8. The number of nitrogen functional groups attached to an aromatic ring is 1. The molecule has 1 saturated heterocycles. The molecule has 9 heteroatoms. The van der Waals surface area contributed by atoms with E-state index < -0.39 is 5.82 Å². The lowest BCUT2D eigenvalue weighted by atomic mass is 9.97. The monoisotopic (exact) mass is 422 g/mol. The Balaban J connectivity index is 1.55. The minimum atomic E-state index is -0.526. The molecule has 1 fully saturated rings. The second kappa shape index (κ2) is 7.26. The maximum Gasteiger partial charge on any atom is 0.323 e. The van der Waals surface area contributed by atoms with Crippen LogP contribution >= 0.6 is 0 Å². The van der Waals surface area contributed by atoms with Gasteiger partial charge in [-0.2, -0.15) is 0 Å². The summed E-state index contributed by atoms with van der Waals surface area (Å²) in [4.78, 5) is 22.6. The molecule has 0 radical (unpaired) electrons. The molecule has 2 aromatic heterocycles. The Bertz CT molecular complexity index is 1210. The molecular weight excluding hydrogens is 399 g/mol. The number of ether oxygens (including phenoxy) is 1. The lowest BCUT2D eigenvalue weighted by Crippen LogP contribution is -2.50. The van der Waals surface area contributed by atoms with Gasteiger partial charge in [-0.05, 0) is 35.9 Å². The highest BCUT2D eigenvalue weighted by molar-refractivity contribution is 6.00. The van der Waals surface area contributed by atoms with E-state index in [2.05, 4.69) is 27.5 Å². The van der Waals surface area contributed by atoms with E-state index in [1.165, 1.54) is 6.20 Å². The second-order valence-corrected chi connectivity index (χ2v) is 8.14. The number of benzene rings is 1. The summed E-state index contributed by atoms with van der Waals surface area (Å²) >= 11 is 0. The van der Waals surface area contributed by atoms with Crippen molar-refractivity contribution in [2.24, 2.45) is 5.92 Å². The smallest absolute Gasteiger partial charge is 0.323 e. The van der Waals surface area contributed by atoms with Gasteiger partial charge in [0.15, 0.2) is 5.82 Å². The van der Waals surface area contributed by atoms with Crippen LogP contribution in [-0.4, -0.2) is 47.1 Å². The van der Waals surface area contributed by atoms with Gasteiger partial charge < -0.3 is 20.7 Å². The Kier molecular flexibility index (Phi) is 4.53. The SMILES string of the molecule is Cc1c(-c2cc3cc(NC(=O)N4CC(C)C4)ncc3c(N)c2F)cnc2c1NCCO2. The first-order valence-corrected chi connectivity index (χ1v) is 10.2. The van der Waals surface area contributed by atoms with Crippen LogP contribution in [0.1, 0.15) is 12.5 Å². The number of urea groups is 1. The van der Waals surface area contributed by atoms with E-state index in [9.17, 15) is 4.79 Å². The van der Waals surface area contributed by atoms with Crippen LogP contribution in [0.4, 0.5) is 26.4 Å². The second-order valence-electron chi connectivity index (χ2n) is 8.14. The molecule has 0 aliphatic carbocycles. The normalized spacial score (nSPS) is 15.6. The standard InChI is InChI=1S/C22H23FN6O2/c1-11-9-29(10-11)22(30)28-17-6-13-5-14(18(23)19(24)16(13)8-26-17)15-7-27-21-20(12(15)2)25-3-4-31-21/h5-8,11,25H,3-4,9-10,24H2,1-2H3,(H,26,28,30). The minimum Gasteiger partial charge on any atom is -0.474 e. The molecule has 1 aromatic carbocycles. The van der Waals surface area contributed by atoms with Gasteiger partial charge in [0.1, 0.15) is 18.1 Å². The van der Waals surface area contributed by atoms with Crippen molar-refractivity contribution in [3.05, 3.63) is 35.9 Å². The number of fused-ring (bicyclic) bond motifs is 2. The molecule has 4 heterocycles. The van der Waals surface area contributed by atoms with Crippen LogP contribution in [0.15, 0.2) is 24.5 Å². The average molecular weight is 422 g/mol. The van der Waals surface area contributed by atoms with E-state index in [1.807, 2.05) is 6.92 Å². The van der Waals surface area contributed by atoms with Gasteiger partial charge in [0.05, 0.1) is 5.69 Å². The van der Waals surface area contributed by atoms with E-state index >= 15 is 4.39 Å². The molecule has 3 aromatic rings. The van der Waals surface area contributed by atoms with Crippen molar-refractivity contribution in [3.8, 4) is 17.0 Å². The molecule has 2 aliphatic rings. The van der Waals surface area contributed by atoms with Gasteiger partial charge in [-0.3, -0.25) is 5.32 Å². The first-order chi connectivity index (χ1) is 14.9. The Morgan fingerprint density at radius 2 is 2.10 bits per heavy atom. The van der Waals surface area contributed by atoms with Gasteiger partial charge in [0, 0.05) is 48.5 Å². The highest BCUT2D eigenvalue weighted by atomic mass is 19.1. The first kappa shape index (κ1) is 19.3. The number of halogens is 1. The Labute approximate surface area is 178 Å². The summed E-state index contributed by atoms with van der Waals surface area (Å²) in [7, 11) is 0. The first-order valence-electron chi connectivity index (χ1n) is 10.2. The molecule has 4 N–H and O–H groups in total. The minimum absolute atomic E-state index is 0.00998. The maximum atomic E-state index is 15.2. The number of amides is 2. The van der Waals surface area contributed by atoms with Crippen LogP contribution in [0.3, 0.4) is 0 Å². The molecule has 0 unspecified atom stereocenters. The van der Waals surface area contributed by atoms with Crippen molar-refractivity contribution in [3.63, 3.8) is 0 Å². The van der Waals surface area contributed by atoms with Gasteiger partial charge in [0.25, 0.3) is 0 Å². The van der Waals surface area contributed by atoms with Crippen molar-refractivity contribution in [2.45, 2.75) is 13.8 Å². The fraction of sp³-hybridized carbons (Fsp3) is 0.318. The third kappa shape index (κ3) is 3.26. The molecule has 8 nitrogen and oxygen atoms in total. The summed E-state index contributed by atoms with van der Waals surface area (Å²) in [6.07, 6.45) is 3.08. The third-order valence-corrected chi connectivity index (χ3v) is 5.82. The number of carbonyl (C=O) groups is 1. The Morgan fingerprint density at radius 1 is 1.29 bits per heavy atom. The van der Waals surface area contributed by atoms with Crippen molar-refractivity contribution >= 4 is 34.0 Å². The van der Waals surface area contributed by atoms with Gasteiger partial charge in [-0.15, -0.1) is 0 Å². The van der Waals surface area contributed by atoms with Crippen LogP contribution in [0.25, 0.3) is 21.9 Å². The summed E-state index contributed by atoms with van der Waals surface area (Å²) in [5.41, 5.74) is 8.68. The quantitative estimate of drug-likeness (QED) is 0.545. The molecule has 0 atom stereocenters. The van der Waals surface area contributed by atoms with Crippen molar-refractivity contribution in [1.82, 2.24) is 14.9 Å². The summed E-state index contributed by atoms with van der Waals surface area (Å²) in [5.74, 6) is 0.886. The predicted molar refractivity (Wildman–Crippen MR) is 118 cm³/mol. The number of anilines is 3. The number of nitrogens with one attached hydrogen (secondary N) is 2. The van der Waals surface area contributed by atoms with E-state index in [1.54, 1.807) is 23.2 Å². The van der Waals surface area contributed by atoms with Crippen LogP contribution in [0, 0.1) is 18.7 Å². The summed E-state index contributed by atoms with van der Waals surface area (Å²) in [6, 6.07) is 3.23. The maximum absolute atomic E-state index is 15.2. The number of rotatable bonds is 2. The number of likely N-dealkylation sites (tertiary alicyclic amines) is 1. The summed E-state index contributed by atoms with van der Waals surface area (Å²) in [6.45, 7) is 6.63. The van der Waals surface area contributed by atoms with Crippen molar-refractivity contribution < 1.29 is 13.9 Å². The molecule has 5 rings (SSSR count). The molecule has 2 amide bonds. The number of carbonyl (C=O) groups excluding carboxylic acids is 1. The molecule has 0 saturated carbocycles. The zero-order chi connectivity index (χ0) is 21.7. The van der Waals surface area contributed by atoms with Crippen LogP contribution in [0.2, 0.25) is 0 Å². The van der Waals surface area contributed by atoms with Crippen LogP contribution in [-0.2, 0) is 0 Å². The van der Waals surface area contributed by atoms with Crippen LogP contribution < -0.4 is 21.1 Å². The highest BCUT2D eigenvalue weighted by Gasteiger charge is 2.27. The molecular formula is C22H23FN6O2. The molecule has 0 spiro atoms. The third-order valence-electron chi connectivity index (χ3n) is 5.82. The Hall–Kier alpha value is -3.62. The number of hydrogen-bond acceptors (Lipinski definition) is 6. The topological polar surface area (TPSA) is 105 Å². The fourth-order valence-corrected chi connectivity index (χ4v) is 4.11. The zero-order valence-electron chi connectivity index (χ0n) is 17.3. The van der Waals surface area contributed by atoms with Gasteiger partial charge in [-0.25, -0.2) is 19.2 Å². The lowest BCUT2D eigenvalue weighted by molar-refractivity contribution is 0.140. The largest absolute Gasteiger partial charge is 0.474 e. The van der Waals surface area contributed by atoms with E-state index in [0.29, 0.717) is 52.7 Å². The number of aromatic nitrogens is 2. The highest BCUT2D eigenvalue weighted by Crippen LogP contribution is 2.39. The van der Waals surface area contributed by atoms with Gasteiger partial charge in [-0.1, -0.05) is 6.92 Å².